The summed E-state index contributed by atoms with van der Waals surface area (Å²) < 4.78 is 1.65. The average Bonchev–Trinajstić information content (AvgIpc) is 2.72. The van der Waals surface area contributed by atoms with Crippen molar-refractivity contribution in [3.63, 3.8) is 0 Å². The Balaban J connectivity index is 2.27. The predicted molar refractivity (Wildman–Crippen MR) is 74.8 cm³/mol. The molecule has 5 nitrogen and oxygen atoms in total. The monoisotopic (exact) mass is 298 g/mol. The average molecular weight is 299 g/mol. The molecule has 100 valence electrons. The molecule has 0 saturated heterocycles. The number of nitrogens with one attached hydrogen (secondary N) is 1. The third kappa shape index (κ3) is 3.05. The highest BCUT2D eigenvalue weighted by atomic mass is 35.5. The van der Waals surface area contributed by atoms with Crippen molar-refractivity contribution in [2.75, 3.05) is 5.32 Å². The van der Waals surface area contributed by atoms with Crippen molar-refractivity contribution in [1.82, 2.24) is 14.8 Å². The van der Waals surface area contributed by atoms with Crippen LogP contribution >= 0.6 is 23.2 Å². The lowest BCUT2D eigenvalue weighted by atomic mass is 10.2. The van der Waals surface area contributed by atoms with Crippen LogP contribution in [0.15, 0.2) is 18.5 Å². The number of anilines is 1. The number of nitrogens with zero attached hydrogens (tertiary/aromatic N) is 3. The minimum atomic E-state index is -0.336. The van der Waals surface area contributed by atoms with Gasteiger partial charge >= 0.3 is 0 Å². The summed E-state index contributed by atoms with van der Waals surface area (Å²) in [6.45, 7) is 1.97. The van der Waals surface area contributed by atoms with Crippen molar-refractivity contribution < 1.29 is 4.79 Å². The summed E-state index contributed by atoms with van der Waals surface area (Å²) in [5.74, 6) is -0.336. The van der Waals surface area contributed by atoms with E-state index in [0.29, 0.717) is 5.69 Å². The second-order valence-electron chi connectivity index (χ2n) is 3.96. The maximum atomic E-state index is 12.1. The van der Waals surface area contributed by atoms with Gasteiger partial charge in [0.1, 0.15) is 5.15 Å². The van der Waals surface area contributed by atoms with Crippen LogP contribution in [-0.4, -0.2) is 20.7 Å². The van der Waals surface area contributed by atoms with Crippen LogP contribution in [0.3, 0.4) is 0 Å². The molecule has 2 aromatic rings. The molecule has 2 aromatic heterocycles. The summed E-state index contributed by atoms with van der Waals surface area (Å²) in [6.07, 6.45) is 3.82. The molecule has 0 bridgehead atoms. The fourth-order valence-corrected chi connectivity index (χ4v) is 2.02. The van der Waals surface area contributed by atoms with Gasteiger partial charge in [-0.25, -0.2) is 4.98 Å². The normalized spacial score (nSPS) is 10.5. The van der Waals surface area contributed by atoms with E-state index in [1.807, 2.05) is 6.92 Å². The van der Waals surface area contributed by atoms with Gasteiger partial charge in [-0.05, 0) is 12.5 Å². The van der Waals surface area contributed by atoms with E-state index < -0.39 is 0 Å². The number of carbonyl (C=O) groups is 1. The molecule has 0 aliphatic rings. The van der Waals surface area contributed by atoms with Crippen LogP contribution in [0.25, 0.3) is 0 Å². The zero-order chi connectivity index (χ0) is 14.0. The van der Waals surface area contributed by atoms with E-state index in [0.717, 1.165) is 12.1 Å². The fraction of sp³-hybridized carbons (Fsp3) is 0.250. The van der Waals surface area contributed by atoms with E-state index in [2.05, 4.69) is 15.4 Å². The van der Waals surface area contributed by atoms with Crippen LogP contribution in [0, 0.1) is 0 Å². The van der Waals surface area contributed by atoms with Crippen molar-refractivity contribution >= 4 is 34.8 Å². The number of hydrogen-bond acceptors (Lipinski definition) is 3. The largest absolute Gasteiger partial charge is 0.319 e. The van der Waals surface area contributed by atoms with E-state index in [-0.39, 0.29) is 21.6 Å². The van der Waals surface area contributed by atoms with Gasteiger partial charge in [0.2, 0.25) is 0 Å². The highest BCUT2D eigenvalue weighted by Gasteiger charge is 2.15. The number of amides is 1. The van der Waals surface area contributed by atoms with Gasteiger partial charge in [0.25, 0.3) is 5.91 Å². The highest BCUT2D eigenvalue weighted by molar-refractivity contribution is 6.35. The molecule has 0 aliphatic carbocycles. The molecule has 0 saturated carbocycles. The Bertz CT molecular complexity index is 624. The Morgan fingerprint density at radius 1 is 1.47 bits per heavy atom. The molecule has 2 heterocycles. The second-order valence-corrected chi connectivity index (χ2v) is 4.75. The minimum Gasteiger partial charge on any atom is -0.319 e. The van der Waals surface area contributed by atoms with Crippen LogP contribution in [0.5, 0.6) is 0 Å². The number of rotatable bonds is 3. The lowest BCUT2D eigenvalue weighted by molar-refractivity contribution is 0.102. The first kappa shape index (κ1) is 13.8. The first-order valence-corrected chi connectivity index (χ1v) is 6.41. The van der Waals surface area contributed by atoms with Gasteiger partial charge in [-0.2, -0.15) is 5.10 Å². The van der Waals surface area contributed by atoms with Crippen LogP contribution in [0.2, 0.25) is 10.2 Å². The van der Waals surface area contributed by atoms with Gasteiger partial charge in [-0.15, -0.1) is 0 Å². The molecule has 0 unspecified atom stereocenters. The lowest BCUT2D eigenvalue weighted by Crippen LogP contribution is -2.13. The Morgan fingerprint density at radius 3 is 2.89 bits per heavy atom. The van der Waals surface area contributed by atoms with E-state index in [1.54, 1.807) is 17.9 Å². The van der Waals surface area contributed by atoms with Crippen LogP contribution in [0.4, 0.5) is 5.69 Å². The van der Waals surface area contributed by atoms with E-state index >= 15 is 0 Å². The third-order valence-electron chi connectivity index (χ3n) is 2.55. The molecular formula is C12H12Cl2N4O. The zero-order valence-corrected chi connectivity index (χ0v) is 12.0. The standard InChI is InChI=1S/C12H12Cl2N4O/c1-3-9-10(6-18(2)17-9)16-12(19)7-4-11(14)15-5-8(7)13/h4-6H,3H2,1-2H3,(H,16,19). The summed E-state index contributed by atoms with van der Waals surface area (Å²) >= 11 is 11.7. The van der Waals surface area contributed by atoms with Crippen LogP contribution < -0.4 is 5.32 Å². The van der Waals surface area contributed by atoms with E-state index in [1.165, 1.54) is 12.3 Å². The number of aromatic nitrogens is 3. The lowest BCUT2D eigenvalue weighted by Gasteiger charge is -2.06. The number of pyridine rings is 1. The van der Waals surface area contributed by atoms with E-state index in [4.69, 9.17) is 23.2 Å². The first-order chi connectivity index (χ1) is 9.01. The van der Waals surface area contributed by atoms with Gasteiger partial charge < -0.3 is 5.32 Å². The zero-order valence-electron chi connectivity index (χ0n) is 10.4. The smallest absolute Gasteiger partial charge is 0.257 e. The Morgan fingerprint density at radius 2 is 2.21 bits per heavy atom. The molecule has 0 aromatic carbocycles. The van der Waals surface area contributed by atoms with Crippen molar-refractivity contribution in [3.8, 4) is 0 Å². The maximum absolute atomic E-state index is 12.1. The summed E-state index contributed by atoms with van der Waals surface area (Å²) in [6, 6.07) is 1.43. The molecule has 0 aliphatic heterocycles. The van der Waals surface area contributed by atoms with Gasteiger partial charge in [-0.3, -0.25) is 9.48 Å². The van der Waals surface area contributed by atoms with Gasteiger partial charge in [-0.1, -0.05) is 30.1 Å². The van der Waals surface area contributed by atoms with Gasteiger partial charge in [0.15, 0.2) is 0 Å². The summed E-state index contributed by atoms with van der Waals surface area (Å²) in [5.41, 5.74) is 1.76. The Labute approximate surface area is 120 Å². The summed E-state index contributed by atoms with van der Waals surface area (Å²) in [4.78, 5) is 15.9. The van der Waals surface area contributed by atoms with Gasteiger partial charge in [0, 0.05) is 19.4 Å². The predicted octanol–water partition coefficient (Wildman–Crippen LogP) is 2.94. The number of hydrogen-bond donors (Lipinski definition) is 1. The Hall–Kier alpha value is -1.59. The molecule has 0 spiro atoms. The number of carbonyl (C=O) groups excluding carboxylic acids is 1. The molecule has 0 radical (unpaired) electrons. The summed E-state index contributed by atoms with van der Waals surface area (Å²) in [5, 5.41) is 7.49. The Kier molecular flexibility index (Phi) is 4.07. The van der Waals surface area contributed by atoms with Crippen LogP contribution in [-0.2, 0) is 13.5 Å². The second kappa shape index (κ2) is 5.59. The summed E-state index contributed by atoms with van der Waals surface area (Å²) in [7, 11) is 1.80. The molecule has 2 rings (SSSR count). The first-order valence-electron chi connectivity index (χ1n) is 5.66. The topological polar surface area (TPSA) is 59.8 Å². The molecule has 7 heteroatoms. The van der Waals surface area contributed by atoms with Crippen LogP contribution in [0.1, 0.15) is 23.0 Å². The van der Waals surface area contributed by atoms with Crippen molar-refractivity contribution in [1.29, 1.82) is 0 Å². The van der Waals surface area contributed by atoms with Crippen molar-refractivity contribution in [2.24, 2.45) is 7.05 Å². The molecule has 0 atom stereocenters. The molecule has 19 heavy (non-hydrogen) atoms. The van der Waals surface area contributed by atoms with Gasteiger partial charge in [0.05, 0.1) is 22.0 Å². The quantitative estimate of drug-likeness (QED) is 0.886. The maximum Gasteiger partial charge on any atom is 0.257 e. The third-order valence-corrected chi connectivity index (χ3v) is 3.06. The minimum absolute atomic E-state index is 0.219. The molecular weight excluding hydrogens is 287 g/mol. The fourth-order valence-electron chi connectivity index (χ4n) is 1.68. The number of aryl methyl sites for hydroxylation is 2. The number of halogens is 2. The highest BCUT2D eigenvalue weighted by Crippen LogP contribution is 2.21. The van der Waals surface area contributed by atoms with Crippen molar-refractivity contribution in [2.45, 2.75) is 13.3 Å². The molecule has 0 fully saturated rings. The van der Waals surface area contributed by atoms with E-state index in [9.17, 15) is 4.79 Å². The van der Waals surface area contributed by atoms with Crippen molar-refractivity contribution in [3.05, 3.63) is 39.9 Å². The molecule has 1 amide bonds. The SMILES string of the molecule is CCc1nn(C)cc1NC(=O)c1cc(Cl)ncc1Cl. The molecule has 1 N–H and O–H groups in total.